The fraction of sp³-hybridized carbons (Fsp3) is 0.308. The zero-order chi connectivity index (χ0) is 14.5. The Morgan fingerprint density at radius 3 is 2.37 bits per heavy atom. The summed E-state index contributed by atoms with van der Waals surface area (Å²) in [5.74, 6) is 2.33. The molecule has 0 aliphatic rings. The molecular weight excluding hydrogens is 257 g/mol. The van der Waals surface area contributed by atoms with Crippen molar-refractivity contribution >= 4 is 11.7 Å². The third-order valence-electron chi connectivity index (χ3n) is 2.41. The van der Waals surface area contributed by atoms with Crippen LogP contribution < -0.4 is 5.32 Å². The maximum atomic E-state index is 12.3. The average molecular weight is 270 g/mol. The van der Waals surface area contributed by atoms with Crippen molar-refractivity contribution in [3.05, 3.63) is 29.8 Å². The van der Waals surface area contributed by atoms with Gasteiger partial charge in [0.05, 0.1) is 12.1 Å². The van der Waals surface area contributed by atoms with Crippen molar-refractivity contribution < 1.29 is 18.0 Å². The summed E-state index contributed by atoms with van der Waals surface area (Å²) < 4.78 is 37.0. The summed E-state index contributed by atoms with van der Waals surface area (Å²) in [6.45, 7) is 2.31. The summed E-state index contributed by atoms with van der Waals surface area (Å²) in [6.07, 6.45) is 0.720. The Morgan fingerprint density at radius 2 is 1.95 bits per heavy atom. The average Bonchev–Trinajstić information content (AvgIpc) is 2.35. The quantitative estimate of drug-likeness (QED) is 0.840. The van der Waals surface area contributed by atoms with Gasteiger partial charge in [-0.1, -0.05) is 5.92 Å². The molecule has 1 rings (SSSR count). The smallest absolute Gasteiger partial charge is 0.314 e. The van der Waals surface area contributed by atoms with Crippen LogP contribution in [0.15, 0.2) is 24.3 Å². The Bertz CT molecular complexity index is 474. The molecule has 0 saturated heterocycles. The molecule has 0 bridgehead atoms. The SMILES string of the molecule is C#CCN(CC)C(=O)Nc1ccc(C(F)(F)F)cc1. The van der Waals surface area contributed by atoms with Crippen LogP contribution in [0, 0.1) is 12.3 Å². The minimum atomic E-state index is -4.39. The number of amides is 2. The van der Waals surface area contributed by atoms with Crippen molar-refractivity contribution in [2.75, 3.05) is 18.4 Å². The fourth-order valence-corrected chi connectivity index (χ4v) is 1.38. The van der Waals surface area contributed by atoms with Crippen LogP contribution in [0.3, 0.4) is 0 Å². The van der Waals surface area contributed by atoms with Crippen molar-refractivity contribution in [3.8, 4) is 12.3 Å². The number of carbonyl (C=O) groups is 1. The van der Waals surface area contributed by atoms with E-state index in [1.807, 2.05) is 0 Å². The molecule has 0 atom stereocenters. The van der Waals surface area contributed by atoms with E-state index in [1.54, 1.807) is 6.92 Å². The van der Waals surface area contributed by atoms with Crippen LogP contribution in [0.4, 0.5) is 23.7 Å². The molecule has 3 nitrogen and oxygen atoms in total. The summed E-state index contributed by atoms with van der Waals surface area (Å²) in [5, 5.41) is 2.48. The van der Waals surface area contributed by atoms with Gasteiger partial charge < -0.3 is 10.2 Å². The lowest BCUT2D eigenvalue weighted by molar-refractivity contribution is -0.137. The summed E-state index contributed by atoms with van der Waals surface area (Å²) >= 11 is 0. The van der Waals surface area contributed by atoms with Crippen LogP contribution in [0.25, 0.3) is 0 Å². The second-order valence-corrected chi connectivity index (χ2v) is 3.72. The first kappa shape index (κ1) is 14.9. The molecule has 0 aromatic heterocycles. The molecule has 0 heterocycles. The molecule has 6 heteroatoms. The molecule has 0 spiro atoms. The number of hydrogen-bond donors (Lipinski definition) is 1. The maximum Gasteiger partial charge on any atom is 0.416 e. The lowest BCUT2D eigenvalue weighted by Gasteiger charge is -2.18. The van der Waals surface area contributed by atoms with Gasteiger partial charge in [0.25, 0.3) is 0 Å². The Morgan fingerprint density at radius 1 is 1.37 bits per heavy atom. The number of nitrogens with zero attached hydrogens (tertiary/aromatic N) is 1. The van der Waals surface area contributed by atoms with E-state index in [0.717, 1.165) is 12.1 Å². The van der Waals surface area contributed by atoms with E-state index in [2.05, 4.69) is 11.2 Å². The monoisotopic (exact) mass is 270 g/mol. The molecular formula is C13H13F3N2O. The molecule has 0 aliphatic heterocycles. The van der Waals surface area contributed by atoms with E-state index in [-0.39, 0.29) is 12.2 Å². The zero-order valence-electron chi connectivity index (χ0n) is 10.3. The lowest BCUT2D eigenvalue weighted by atomic mass is 10.2. The van der Waals surface area contributed by atoms with Crippen molar-refractivity contribution in [2.24, 2.45) is 0 Å². The number of terminal acetylenes is 1. The van der Waals surface area contributed by atoms with Gasteiger partial charge in [-0.15, -0.1) is 6.42 Å². The minimum Gasteiger partial charge on any atom is -0.314 e. The van der Waals surface area contributed by atoms with Gasteiger partial charge in [-0.2, -0.15) is 13.2 Å². The molecule has 1 aromatic rings. The van der Waals surface area contributed by atoms with E-state index in [1.165, 1.54) is 17.0 Å². The molecule has 2 amide bonds. The molecule has 0 fully saturated rings. The third-order valence-corrected chi connectivity index (χ3v) is 2.41. The molecule has 1 N–H and O–H groups in total. The number of carbonyl (C=O) groups excluding carboxylic acids is 1. The number of rotatable bonds is 3. The Hall–Kier alpha value is -2.16. The van der Waals surface area contributed by atoms with Crippen molar-refractivity contribution in [1.29, 1.82) is 0 Å². The normalized spacial score (nSPS) is 10.7. The minimum absolute atomic E-state index is 0.142. The molecule has 19 heavy (non-hydrogen) atoms. The van der Waals surface area contributed by atoms with Gasteiger partial charge in [0.2, 0.25) is 0 Å². The largest absolute Gasteiger partial charge is 0.416 e. The number of halogens is 3. The molecule has 0 aliphatic carbocycles. The molecule has 0 saturated carbocycles. The first-order valence-corrected chi connectivity index (χ1v) is 5.55. The van der Waals surface area contributed by atoms with Gasteiger partial charge in [0.15, 0.2) is 0 Å². The standard InChI is InChI=1S/C13H13F3N2O/c1-3-9-18(4-2)12(19)17-11-7-5-10(6-8-11)13(14,15)16/h1,5-8H,4,9H2,2H3,(H,17,19). The Balaban J connectivity index is 2.73. The predicted octanol–water partition coefficient (Wildman–Crippen LogP) is 3.19. The van der Waals surface area contributed by atoms with Crippen LogP contribution in [0.5, 0.6) is 0 Å². The summed E-state index contributed by atoms with van der Waals surface area (Å²) in [6, 6.07) is 3.77. The van der Waals surface area contributed by atoms with Gasteiger partial charge >= 0.3 is 12.2 Å². The van der Waals surface area contributed by atoms with Crippen molar-refractivity contribution in [1.82, 2.24) is 4.90 Å². The van der Waals surface area contributed by atoms with E-state index in [0.29, 0.717) is 6.54 Å². The number of anilines is 1. The van der Waals surface area contributed by atoms with E-state index in [9.17, 15) is 18.0 Å². The van der Waals surface area contributed by atoms with Crippen LogP contribution >= 0.6 is 0 Å². The molecule has 102 valence electrons. The number of nitrogens with one attached hydrogen (secondary N) is 1. The number of benzene rings is 1. The first-order chi connectivity index (χ1) is 8.88. The van der Waals surface area contributed by atoms with Crippen LogP contribution in [-0.2, 0) is 6.18 Å². The Labute approximate surface area is 109 Å². The number of hydrogen-bond acceptors (Lipinski definition) is 1. The highest BCUT2D eigenvalue weighted by Gasteiger charge is 2.30. The maximum absolute atomic E-state index is 12.3. The third kappa shape index (κ3) is 4.21. The molecule has 1 aromatic carbocycles. The van der Waals surface area contributed by atoms with Gasteiger partial charge in [0, 0.05) is 12.2 Å². The second kappa shape index (κ2) is 6.14. The first-order valence-electron chi connectivity index (χ1n) is 5.55. The van der Waals surface area contributed by atoms with Crippen LogP contribution in [0.2, 0.25) is 0 Å². The highest BCUT2D eigenvalue weighted by Crippen LogP contribution is 2.29. The van der Waals surface area contributed by atoms with Crippen molar-refractivity contribution in [2.45, 2.75) is 13.1 Å². The van der Waals surface area contributed by atoms with E-state index < -0.39 is 17.8 Å². The lowest BCUT2D eigenvalue weighted by Crippen LogP contribution is -2.35. The van der Waals surface area contributed by atoms with Crippen molar-refractivity contribution in [3.63, 3.8) is 0 Å². The van der Waals surface area contributed by atoms with Gasteiger partial charge in [0.1, 0.15) is 0 Å². The summed E-state index contributed by atoms with van der Waals surface area (Å²) in [7, 11) is 0. The van der Waals surface area contributed by atoms with E-state index in [4.69, 9.17) is 6.42 Å². The number of alkyl halides is 3. The van der Waals surface area contributed by atoms with Gasteiger partial charge in [-0.3, -0.25) is 0 Å². The van der Waals surface area contributed by atoms with Crippen LogP contribution in [0.1, 0.15) is 12.5 Å². The summed E-state index contributed by atoms with van der Waals surface area (Å²) in [5.41, 5.74) is -0.477. The fourth-order valence-electron chi connectivity index (χ4n) is 1.38. The molecule has 0 unspecified atom stereocenters. The van der Waals surface area contributed by atoms with Gasteiger partial charge in [-0.25, -0.2) is 4.79 Å². The highest BCUT2D eigenvalue weighted by molar-refractivity contribution is 5.89. The van der Waals surface area contributed by atoms with Gasteiger partial charge in [-0.05, 0) is 31.2 Å². The summed E-state index contributed by atoms with van der Waals surface area (Å²) in [4.78, 5) is 13.1. The number of urea groups is 1. The second-order valence-electron chi connectivity index (χ2n) is 3.72. The topological polar surface area (TPSA) is 32.3 Å². The zero-order valence-corrected chi connectivity index (χ0v) is 10.3. The van der Waals surface area contributed by atoms with E-state index >= 15 is 0 Å². The highest BCUT2D eigenvalue weighted by atomic mass is 19.4. The van der Waals surface area contributed by atoms with Crippen LogP contribution in [-0.4, -0.2) is 24.0 Å². The predicted molar refractivity (Wildman–Crippen MR) is 66.5 cm³/mol. The Kier molecular flexibility index (Phi) is 4.81. The molecule has 0 radical (unpaired) electrons.